The van der Waals surface area contributed by atoms with Crippen LogP contribution in [0.5, 0.6) is 0 Å². The molecular formula is C7H16ClOSi. The van der Waals surface area contributed by atoms with Gasteiger partial charge in [-0.05, 0) is 25.4 Å². The summed E-state index contributed by atoms with van der Waals surface area (Å²) in [5.74, 6) is 0.775. The van der Waals surface area contributed by atoms with Gasteiger partial charge in [-0.1, -0.05) is 6.92 Å². The minimum Gasteiger partial charge on any atom is -0.417 e. The van der Waals surface area contributed by atoms with E-state index >= 15 is 0 Å². The van der Waals surface area contributed by atoms with E-state index in [0.29, 0.717) is 0 Å². The van der Waals surface area contributed by atoms with E-state index in [-0.39, 0.29) is 0 Å². The van der Waals surface area contributed by atoms with E-state index in [0.717, 1.165) is 25.3 Å². The molecule has 0 saturated heterocycles. The molecule has 0 N–H and O–H groups in total. The highest BCUT2D eigenvalue weighted by atomic mass is 35.5. The molecule has 0 spiro atoms. The molecule has 0 heterocycles. The normalized spacial score (nSPS) is 10.8. The molecule has 0 aromatic rings. The Hall–Kier alpha value is 0.467. The lowest BCUT2D eigenvalue weighted by Gasteiger charge is -2.07. The number of hydrogen-bond donors (Lipinski definition) is 0. The van der Waals surface area contributed by atoms with Gasteiger partial charge in [-0.2, -0.15) is 0 Å². The molecule has 0 unspecified atom stereocenters. The summed E-state index contributed by atoms with van der Waals surface area (Å²) in [5.41, 5.74) is 0. The van der Waals surface area contributed by atoms with Gasteiger partial charge in [0.05, 0.1) is 0 Å². The van der Waals surface area contributed by atoms with Gasteiger partial charge in [-0.15, -0.1) is 11.6 Å². The van der Waals surface area contributed by atoms with Gasteiger partial charge in [0.2, 0.25) is 9.04 Å². The van der Waals surface area contributed by atoms with Gasteiger partial charge in [-0.3, -0.25) is 0 Å². The fourth-order valence-corrected chi connectivity index (χ4v) is 2.39. The molecule has 0 bridgehead atoms. The van der Waals surface area contributed by atoms with E-state index in [4.69, 9.17) is 16.0 Å². The van der Waals surface area contributed by atoms with Crippen molar-refractivity contribution in [3.8, 4) is 0 Å². The number of rotatable bonds is 6. The first-order chi connectivity index (χ1) is 4.81. The van der Waals surface area contributed by atoms with Crippen molar-refractivity contribution < 1.29 is 4.43 Å². The van der Waals surface area contributed by atoms with Crippen LogP contribution in [0.15, 0.2) is 0 Å². The fraction of sp³-hybridized carbons (Fsp3) is 1.00. The van der Waals surface area contributed by atoms with E-state index in [2.05, 4.69) is 13.5 Å². The molecular weight excluding hydrogens is 164 g/mol. The van der Waals surface area contributed by atoms with Gasteiger partial charge in [0.15, 0.2) is 0 Å². The molecule has 3 heteroatoms. The second kappa shape index (κ2) is 7.57. The molecule has 0 aliphatic rings. The van der Waals surface area contributed by atoms with Crippen molar-refractivity contribution in [1.82, 2.24) is 0 Å². The summed E-state index contributed by atoms with van der Waals surface area (Å²) in [7, 11) is -0.499. The van der Waals surface area contributed by atoms with Crippen molar-refractivity contribution in [2.24, 2.45) is 0 Å². The van der Waals surface area contributed by atoms with Crippen LogP contribution in [0.4, 0.5) is 0 Å². The second-order valence-electron chi connectivity index (χ2n) is 2.34. The molecule has 10 heavy (non-hydrogen) atoms. The summed E-state index contributed by atoms with van der Waals surface area (Å²) in [6.45, 7) is 5.26. The van der Waals surface area contributed by atoms with Crippen LogP contribution in [0.1, 0.15) is 19.8 Å². The van der Waals surface area contributed by atoms with Crippen molar-refractivity contribution in [2.75, 3.05) is 12.5 Å². The van der Waals surface area contributed by atoms with E-state index < -0.39 is 9.04 Å². The molecule has 1 nitrogen and oxygen atoms in total. The Morgan fingerprint density at radius 1 is 1.50 bits per heavy atom. The molecule has 0 aromatic heterocycles. The Kier molecular flexibility index (Phi) is 7.93. The van der Waals surface area contributed by atoms with Crippen LogP contribution < -0.4 is 0 Å². The molecule has 0 saturated carbocycles. The number of hydrogen-bond acceptors (Lipinski definition) is 1. The second-order valence-corrected chi connectivity index (χ2v) is 4.91. The van der Waals surface area contributed by atoms with Crippen LogP contribution in [0.25, 0.3) is 0 Å². The Bertz CT molecular complexity index is 62.6. The van der Waals surface area contributed by atoms with Gasteiger partial charge in [0.25, 0.3) is 0 Å². The summed E-state index contributed by atoms with van der Waals surface area (Å²) < 4.78 is 5.54. The lowest BCUT2D eigenvalue weighted by Crippen LogP contribution is -2.13. The predicted molar refractivity (Wildman–Crippen MR) is 48.0 cm³/mol. The van der Waals surface area contributed by atoms with E-state index in [1.54, 1.807) is 0 Å². The van der Waals surface area contributed by atoms with Crippen LogP contribution in [-0.2, 0) is 4.43 Å². The van der Waals surface area contributed by atoms with Crippen LogP contribution in [-0.4, -0.2) is 21.5 Å². The van der Waals surface area contributed by atoms with E-state index in [1.165, 1.54) is 6.04 Å². The molecule has 0 aromatic carbocycles. The average molecular weight is 180 g/mol. The number of alkyl halides is 1. The summed E-state index contributed by atoms with van der Waals surface area (Å²) in [4.78, 5) is 0. The highest BCUT2D eigenvalue weighted by Gasteiger charge is 2.03. The molecule has 0 fully saturated rings. The topological polar surface area (TPSA) is 9.23 Å². The third-order valence-electron chi connectivity index (χ3n) is 1.22. The fourth-order valence-electron chi connectivity index (χ4n) is 0.664. The molecule has 0 aliphatic heterocycles. The standard InChI is InChI=1S/C7H16ClOSi/c1-3-6-9-10(2)7-4-5-8/h3-7H2,1-2H3. The SMILES string of the molecule is CCCO[Si](C)CCCCl. The summed E-state index contributed by atoms with van der Waals surface area (Å²) in [5, 5.41) is 0. The minimum absolute atomic E-state index is 0.499. The largest absolute Gasteiger partial charge is 0.417 e. The summed E-state index contributed by atoms with van der Waals surface area (Å²) in [6.07, 6.45) is 2.24. The zero-order valence-corrected chi connectivity index (χ0v) is 8.58. The Labute approximate surface area is 70.4 Å². The first kappa shape index (κ1) is 10.5. The monoisotopic (exact) mass is 179 g/mol. The van der Waals surface area contributed by atoms with E-state index in [9.17, 15) is 0 Å². The molecule has 0 amide bonds. The number of halogens is 1. The Morgan fingerprint density at radius 3 is 2.70 bits per heavy atom. The molecule has 0 atom stereocenters. The van der Waals surface area contributed by atoms with Crippen LogP contribution in [0.2, 0.25) is 12.6 Å². The van der Waals surface area contributed by atoms with E-state index in [1.807, 2.05) is 0 Å². The average Bonchev–Trinajstić information content (AvgIpc) is 1.97. The van der Waals surface area contributed by atoms with Crippen molar-refractivity contribution in [3.05, 3.63) is 0 Å². The lowest BCUT2D eigenvalue weighted by atomic mass is 10.5. The Morgan fingerprint density at radius 2 is 2.20 bits per heavy atom. The zero-order valence-electron chi connectivity index (χ0n) is 6.82. The van der Waals surface area contributed by atoms with Gasteiger partial charge in [0, 0.05) is 12.5 Å². The van der Waals surface area contributed by atoms with Gasteiger partial charge >= 0.3 is 0 Å². The first-order valence-electron chi connectivity index (χ1n) is 3.82. The smallest absolute Gasteiger partial charge is 0.208 e. The molecule has 0 rings (SSSR count). The summed E-state index contributed by atoms with van der Waals surface area (Å²) >= 11 is 5.54. The minimum atomic E-state index is -0.499. The predicted octanol–water partition coefficient (Wildman–Crippen LogP) is 2.66. The van der Waals surface area contributed by atoms with Crippen LogP contribution in [0.3, 0.4) is 0 Å². The lowest BCUT2D eigenvalue weighted by molar-refractivity contribution is 0.321. The highest BCUT2D eigenvalue weighted by Crippen LogP contribution is 2.00. The quantitative estimate of drug-likeness (QED) is 0.450. The van der Waals surface area contributed by atoms with Gasteiger partial charge in [0.1, 0.15) is 0 Å². The summed E-state index contributed by atoms with van der Waals surface area (Å²) in [6, 6.07) is 1.19. The maximum atomic E-state index is 5.54. The maximum Gasteiger partial charge on any atom is 0.208 e. The van der Waals surface area contributed by atoms with Crippen molar-refractivity contribution in [2.45, 2.75) is 32.4 Å². The molecule has 0 aliphatic carbocycles. The molecule has 1 radical (unpaired) electrons. The maximum absolute atomic E-state index is 5.54. The molecule has 61 valence electrons. The highest BCUT2D eigenvalue weighted by molar-refractivity contribution is 6.50. The Balaban J connectivity index is 3.00. The van der Waals surface area contributed by atoms with Crippen molar-refractivity contribution in [3.63, 3.8) is 0 Å². The first-order valence-corrected chi connectivity index (χ1v) is 6.47. The van der Waals surface area contributed by atoms with Crippen molar-refractivity contribution >= 4 is 20.6 Å². The van der Waals surface area contributed by atoms with Gasteiger partial charge < -0.3 is 4.43 Å². The van der Waals surface area contributed by atoms with Crippen LogP contribution >= 0.6 is 11.6 Å². The third-order valence-corrected chi connectivity index (χ3v) is 3.24. The zero-order chi connectivity index (χ0) is 7.82. The van der Waals surface area contributed by atoms with Crippen LogP contribution in [0, 0.1) is 0 Å². The van der Waals surface area contributed by atoms with Crippen molar-refractivity contribution in [1.29, 1.82) is 0 Å². The third kappa shape index (κ3) is 6.58. The van der Waals surface area contributed by atoms with Gasteiger partial charge in [-0.25, -0.2) is 0 Å².